The van der Waals surface area contributed by atoms with E-state index < -0.39 is 12.0 Å². The summed E-state index contributed by atoms with van der Waals surface area (Å²) in [7, 11) is 0. The molecule has 0 aliphatic heterocycles. The van der Waals surface area contributed by atoms with Crippen molar-refractivity contribution < 1.29 is 8.78 Å². The Bertz CT molecular complexity index is 977. The van der Waals surface area contributed by atoms with Crippen LogP contribution in [0.2, 0.25) is 0 Å². The lowest BCUT2D eigenvalue weighted by molar-refractivity contribution is 0.153. The molecule has 0 aliphatic carbocycles. The molecule has 1 N–H and O–H groups in total. The van der Waals surface area contributed by atoms with Gasteiger partial charge in [-0.3, -0.25) is 9.78 Å². The van der Waals surface area contributed by atoms with Crippen LogP contribution in [0.4, 0.5) is 8.78 Å². The van der Waals surface area contributed by atoms with Crippen LogP contribution in [0.5, 0.6) is 0 Å². The number of hydrogen-bond acceptors (Lipinski definition) is 4. The number of nitrogens with zero attached hydrogens (tertiary/aromatic N) is 2. The molecule has 0 radical (unpaired) electrons. The number of aromatic nitrogens is 3. The van der Waals surface area contributed by atoms with Crippen LogP contribution in [0.15, 0.2) is 28.4 Å². The van der Waals surface area contributed by atoms with Crippen molar-refractivity contribution in [3.8, 4) is 10.6 Å². The lowest BCUT2D eigenvalue weighted by atomic mass is 10.1. The smallest absolute Gasteiger partial charge is 0.264 e. The van der Waals surface area contributed by atoms with Gasteiger partial charge in [-0.05, 0) is 36.2 Å². The van der Waals surface area contributed by atoms with E-state index in [-0.39, 0.29) is 21.4 Å². The number of unbranched alkanes of at least 4 members (excludes halogenated alkanes) is 1. The first kappa shape index (κ1) is 16.9. The maximum atomic E-state index is 13.6. The van der Waals surface area contributed by atoms with Gasteiger partial charge in [-0.1, -0.05) is 19.4 Å². The summed E-state index contributed by atoms with van der Waals surface area (Å²) in [6.07, 6.45) is -1.05. The summed E-state index contributed by atoms with van der Waals surface area (Å²) in [4.78, 5) is 20.0. The van der Waals surface area contributed by atoms with Crippen molar-refractivity contribution in [2.45, 2.75) is 32.7 Å². The minimum atomic E-state index is -2.77. The summed E-state index contributed by atoms with van der Waals surface area (Å²) in [6, 6.07) is 4.93. The standard InChI is InChI=1S/C16H15F2N3OS2/c1-2-3-6-21-14-12(15(22)20-16(21)23)9(13(17)18)8-10(19-14)11-5-4-7-24-11/h4-5,7-8,13H,2-3,6H2,1H3,(H,20,22,23). The monoisotopic (exact) mass is 367 g/mol. The SMILES string of the molecule is CCCCn1c(=S)[nH]c(=O)c2c(C(F)F)cc(-c3cccs3)nc21. The minimum Gasteiger partial charge on any atom is -0.302 e. The fraction of sp³-hybridized carbons (Fsp3) is 0.312. The number of fused-ring (bicyclic) bond motifs is 1. The van der Waals surface area contributed by atoms with Gasteiger partial charge in [0.05, 0.1) is 16.0 Å². The number of rotatable bonds is 5. The highest BCUT2D eigenvalue weighted by atomic mass is 32.1. The average Bonchev–Trinajstić information content (AvgIpc) is 3.08. The van der Waals surface area contributed by atoms with Gasteiger partial charge in [-0.2, -0.15) is 0 Å². The Labute approximate surface area is 145 Å². The predicted molar refractivity (Wildman–Crippen MR) is 94.4 cm³/mol. The molecule has 4 nitrogen and oxygen atoms in total. The molecule has 0 saturated carbocycles. The van der Waals surface area contributed by atoms with Gasteiger partial charge in [0, 0.05) is 12.1 Å². The van der Waals surface area contributed by atoms with Crippen molar-refractivity contribution in [2.24, 2.45) is 0 Å². The number of H-pyrrole nitrogens is 1. The zero-order valence-corrected chi connectivity index (χ0v) is 14.5. The van der Waals surface area contributed by atoms with Crippen LogP contribution >= 0.6 is 23.6 Å². The number of halogens is 2. The van der Waals surface area contributed by atoms with Gasteiger partial charge in [-0.15, -0.1) is 11.3 Å². The van der Waals surface area contributed by atoms with Crippen LogP contribution in [-0.2, 0) is 6.54 Å². The predicted octanol–water partition coefficient (Wildman–Crippen LogP) is 4.92. The van der Waals surface area contributed by atoms with E-state index >= 15 is 0 Å². The van der Waals surface area contributed by atoms with Gasteiger partial charge in [0.1, 0.15) is 5.65 Å². The van der Waals surface area contributed by atoms with Crippen molar-refractivity contribution in [1.82, 2.24) is 14.5 Å². The molecule has 0 bridgehead atoms. The van der Waals surface area contributed by atoms with Gasteiger partial charge in [0.15, 0.2) is 4.77 Å². The van der Waals surface area contributed by atoms with E-state index in [1.807, 2.05) is 24.4 Å². The Hall–Kier alpha value is -1.93. The topological polar surface area (TPSA) is 50.7 Å². The van der Waals surface area contributed by atoms with Crippen LogP contribution in [0.1, 0.15) is 31.8 Å². The quantitative estimate of drug-likeness (QED) is 0.651. The van der Waals surface area contributed by atoms with Gasteiger partial charge in [0.25, 0.3) is 12.0 Å². The molecule has 0 atom stereocenters. The van der Waals surface area contributed by atoms with Crippen LogP contribution in [0.25, 0.3) is 21.6 Å². The molecular formula is C16H15F2N3OS2. The van der Waals surface area contributed by atoms with E-state index in [2.05, 4.69) is 9.97 Å². The molecule has 0 spiro atoms. The molecule has 3 heterocycles. The maximum Gasteiger partial charge on any atom is 0.264 e. The number of nitrogens with one attached hydrogen (secondary N) is 1. The van der Waals surface area contributed by atoms with E-state index in [4.69, 9.17) is 12.2 Å². The first-order chi connectivity index (χ1) is 11.5. The molecule has 0 unspecified atom stereocenters. The third-order valence-corrected chi connectivity index (χ3v) is 4.94. The molecule has 0 fully saturated rings. The highest BCUT2D eigenvalue weighted by Crippen LogP contribution is 2.31. The Morgan fingerprint density at radius 3 is 2.88 bits per heavy atom. The molecule has 0 aliphatic rings. The maximum absolute atomic E-state index is 13.6. The van der Waals surface area contributed by atoms with Crippen molar-refractivity contribution in [3.63, 3.8) is 0 Å². The summed E-state index contributed by atoms with van der Waals surface area (Å²) in [5.74, 6) is 0. The molecule has 0 saturated heterocycles. The van der Waals surface area contributed by atoms with E-state index in [0.29, 0.717) is 12.2 Å². The van der Waals surface area contributed by atoms with Gasteiger partial charge in [-0.25, -0.2) is 13.8 Å². The van der Waals surface area contributed by atoms with Crippen molar-refractivity contribution in [1.29, 1.82) is 0 Å². The van der Waals surface area contributed by atoms with E-state index in [0.717, 1.165) is 17.7 Å². The van der Waals surface area contributed by atoms with Gasteiger partial charge < -0.3 is 4.57 Å². The number of aryl methyl sites for hydroxylation is 1. The van der Waals surface area contributed by atoms with Crippen LogP contribution in [0.3, 0.4) is 0 Å². The van der Waals surface area contributed by atoms with Crippen LogP contribution in [0, 0.1) is 4.77 Å². The highest BCUT2D eigenvalue weighted by Gasteiger charge is 2.20. The second kappa shape index (κ2) is 6.90. The number of pyridine rings is 1. The molecular weight excluding hydrogens is 352 g/mol. The molecule has 24 heavy (non-hydrogen) atoms. The Morgan fingerprint density at radius 1 is 1.46 bits per heavy atom. The molecule has 0 aromatic carbocycles. The fourth-order valence-electron chi connectivity index (χ4n) is 2.55. The van der Waals surface area contributed by atoms with Crippen molar-refractivity contribution >= 4 is 34.6 Å². The normalized spacial score (nSPS) is 11.5. The number of aromatic amines is 1. The average molecular weight is 367 g/mol. The van der Waals surface area contributed by atoms with Crippen LogP contribution < -0.4 is 5.56 Å². The van der Waals surface area contributed by atoms with Gasteiger partial charge >= 0.3 is 0 Å². The second-order valence-corrected chi connectivity index (χ2v) is 6.67. The first-order valence-electron chi connectivity index (χ1n) is 7.52. The molecule has 126 valence electrons. The third-order valence-electron chi connectivity index (χ3n) is 3.72. The van der Waals surface area contributed by atoms with Crippen LogP contribution in [-0.4, -0.2) is 14.5 Å². The third kappa shape index (κ3) is 3.03. The van der Waals surface area contributed by atoms with E-state index in [9.17, 15) is 13.6 Å². The van der Waals surface area contributed by atoms with E-state index in [1.165, 1.54) is 17.4 Å². The van der Waals surface area contributed by atoms with Gasteiger partial charge in [0.2, 0.25) is 0 Å². The molecule has 3 rings (SSSR count). The number of alkyl halides is 2. The zero-order chi connectivity index (χ0) is 17.3. The molecule has 8 heteroatoms. The Morgan fingerprint density at radius 2 is 2.25 bits per heavy atom. The number of hydrogen-bond donors (Lipinski definition) is 1. The summed E-state index contributed by atoms with van der Waals surface area (Å²) in [6.45, 7) is 2.54. The first-order valence-corrected chi connectivity index (χ1v) is 8.81. The minimum absolute atomic E-state index is 0.0880. The lowest BCUT2D eigenvalue weighted by Gasteiger charge is -2.13. The molecule has 3 aromatic heterocycles. The number of thiophene rings is 1. The Balaban J connectivity index is 2.40. The summed E-state index contributed by atoms with van der Waals surface area (Å²) < 4.78 is 29.0. The lowest BCUT2D eigenvalue weighted by Crippen LogP contribution is -2.18. The summed E-state index contributed by atoms with van der Waals surface area (Å²) in [5.41, 5.74) is -0.287. The zero-order valence-electron chi connectivity index (χ0n) is 12.9. The highest BCUT2D eigenvalue weighted by molar-refractivity contribution is 7.71. The summed E-state index contributed by atoms with van der Waals surface area (Å²) >= 11 is 6.62. The molecule has 0 amide bonds. The molecule has 3 aromatic rings. The van der Waals surface area contributed by atoms with E-state index in [1.54, 1.807) is 4.57 Å². The fourth-order valence-corrected chi connectivity index (χ4v) is 3.51. The van der Waals surface area contributed by atoms with Crippen molar-refractivity contribution in [3.05, 3.63) is 44.3 Å². The summed E-state index contributed by atoms with van der Waals surface area (Å²) in [5, 5.41) is 1.76. The second-order valence-electron chi connectivity index (χ2n) is 5.34. The largest absolute Gasteiger partial charge is 0.302 e. The Kier molecular flexibility index (Phi) is 4.86. The van der Waals surface area contributed by atoms with Crippen molar-refractivity contribution in [2.75, 3.05) is 0 Å².